The lowest BCUT2D eigenvalue weighted by molar-refractivity contribution is -0.139. The topological polar surface area (TPSA) is 93.3 Å². The Hall–Kier alpha value is -3.94. The number of ether oxygens (including phenoxy) is 2. The van der Waals surface area contributed by atoms with Crippen LogP contribution in [0.4, 0.5) is 4.39 Å². The van der Waals surface area contributed by atoms with E-state index in [1.165, 1.54) is 12.1 Å². The van der Waals surface area contributed by atoms with Crippen LogP contribution in [-0.4, -0.2) is 28.3 Å². The van der Waals surface area contributed by atoms with Crippen molar-refractivity contribution in [3.05, 3.63) is 83.0 Å². The highest BCUT2D eigenvalue weighted by Crippen LogP contribution is 2.28. The molecule has 2 aromatic heterocycles. The van der Waals surface area contributed by atoms with Gasteiger partial charge in [-0.2, -0.15) is 0 Å². The van der Waals surface area contributed by atoms with E-state index < -0.39 is 11.8 Å². The predicted molar refractivity (Wildman–Crippen MR) is 107 cm³/mol. The van der Waals surface area contributed by atoms with Crippen molar-refractivity contribution >= 4 is 28.9 Å². The van der Waals surface area contributed by atoms with Crippen LogP contribution in [0.15, 0.2) is 66.0 Å². The molecular weight excluding hydrogens is 389 g/mol. The van der Waals surface area contributed by atoms with Crippen LogP contribution in [0.3, 0.4) is 0 Å². The van der Waals surface area contributed by atoms with Gasteiger partial charge in [0, 0.05) is 29.9 Å². The van der Waals surface area contributed by atoms with E-state index in [1.54, 1.807) is 43.6 Å². The van der Waals surface area contributed by atoms with Gasteiger partial charge in [0.1, 0.15) is 11.5 Å². The Balaban J connectivity index is 1.63. The van der Waals surface area contributed by atoms with E-state index in [-0.39, 0.29) is 36.2 Å². The monoisotopic (exact) mass is 407 g/mol. The quantitative estimate of drug-likeness (QED) is 0.370. The number of esters is 1. The molecular formula is C22H18FN3O4. The zero-order valence-corrected chi connectivity index (χ0v) is 16.1. The van der Waals surface area contributed by atoms with Gasteiger partial charge in [-0.05, 0) is 42.8 Å². The first-order chi connectivity index (χ1) is 14.6. The normalized spacial score (nSPS) is 15.0. The number of benzene rings is 1. The largest absolute Gasteiger partial charge is 0.462 e. The molecule has 0 aliphatic carbocycles. The summed E-state index contributed by atoms with van der Waals surface area (Å²) in [5, 5.41) is 3.71. The second-order valence-corrected chi connectivity index (χ2v) is 6.49. The van der Waals surface area contributed by atoms with Crippen molar-refractivity contribution in [1.82, 2.24) is 15.3 Å². The Labute approximate surface area is 171 Å². The molecule has 0 spiro atoms. The van der Waals surface area contributed by atoms with Gasteiger partial charge < -0.3 is 19.8 Å². The van der Waals surface area contributed by atoms with Crippen LogP contribution in [0.2, 0.25) is 0 Å². The minimum absolute atomic E-state index is 0.0214. The Kier molecular flexibility index (Phi) is 5.30. The second-order valence-electron chi connectivity index (χ2n) is 6.49. The molecule has 3 heterocycles. The fraction of sp³-hybridized carbons (Fsp3) is 0.136. The van der Waals surface area contributed by atoms with Crippen LogP contribution in [0.5, 0.6) is 0 Å². The van der Waals surface area contributed by atoms with E-state index in [9.17, 15) is 14.0 Å². The first kappa shape index (κ1) is 19.4. The number of fused-ring (bicyclic) bond motifs is 1. The molecule has 4 rings (SSSR count). The second kappa shape index (κ2) is 8.20. The number of hydrogen-bond acceptors (Lipinski definition) is 6. The molecule has 1 aliphatic rings. The van der Waals surface area contributed by atoms with Gasteiger partial charge in [-0.1, -0.05) is 12.1 Å². The number of nitrogens with one attached hydrogen (secondary N) is 2. The summed E-state index contributed by atoms with van der Waals surface area (Å²) < 4.78 is 24.1. The predicted octanol–water partition coefficient (Wildman–Crippen LogP) is 3.21. The number of aromatic amines is 1. The molecule has 2 N–H and O–H groups in total. The number of H-pyrrole nitrogens is 1. The molecule has 1 aromatic carbocycles. The minimum atomic E-state index is -0.784. The fourth-order valence-electron chi connectivity index (χ4n) is 3.11. The molecule has 152 valence electrons. The molecule has 3 aromatic rings. The van der Waals surface area contributed by atoms with Gasteiger partial charge in [0.05, 0.1) is 6.61 Å². The summed E-state index contributed by atoms with van der Waals surface area (Å²) in [6, 6.07) is 9.61. The number of halogens is 1. The maximum atomic E-state index is 13.4. The molecule has 0 saturated carbocycles. The van der Waals surface area contributed by atoms with Crippen molar-refractivity contribution in [2.75, 3.05) is 6.61 Å². The van der Waals surface area contributed by atoms with Crippen molar-refractivity contribution < 1.29 is 23.5 Å². The van der Waals surface area contributed by atoms with Gasteiger partial charge in [-0.25, -0.2) is 14.2 Å². The third-order valence-corrected chi connectivity index (χ3v) is 4.48. The third kappa shape index (κ3) is 3.80. The highest BCUT2D eigenvalue weighted by atomic mass is 19.1. The molecule has 0 bridgehead atoms. The number of hydrogen-bond donors (Lipinski definition) is 2. The lowest BCUT2D eigenvalue weighted by Crippen LogP contribution is -2.19. The molecule has 7 nitrogen and oxygen atoms in total. The van der Waals surface area contributed by atoms with E-state index in [0.29, 0.717) is 16.8 Å². The summed E-state index contributed by atoms with van der Waals surface area (Å²) in [4.78, 5) is 32.5. The van der Waals surface area contributed by atoms with E-state index in [4.69, 9.17) is 9.47 Å². The Morgan fingerprint density at radius 3 is 3.00 bits per heavy atom. The van der Waals surface area contributed by atoms with Crippen LogP contribution in [0, 0.1) is 5.82 Å². The number of nitrogens with zero attached hydrogens (tertiary/aromatic N) is 1. The van der Waals surface area contributed by atoms with Gasteiger partial charge in [0.2, 0.25) is 11.7 Å². The SMILES string of the molecule is CCOC(=O)C1=C(NCc2cccc(F)c2)O/C(=C\c2c[nH]c3ncccc23)C1=O. The van der Waals surface area contributed by atoms with E-state index in [0.717, 1.165) is 5.39 Å². The highest BCUT2D eigenvalue weighted by molar-refractivity contribution is 6.26. The molecule has 0 radical (unpaired) electrons. The number of carbonyl (C=O) groups is 2. The van der Waals surface area contributed by atoms with E-state index in [2.05, 4.69) is 15.3 Å². The van der Waals surface area contributed by atoms with Crippen molar-refractivity contribution in [3.8, 4) is 0 Å². The highest BCUT2D eigenvalue weighted by Gasteiger charge is 2.36. The first-order valence-electron chi connectivity index (χ1n) is 9.33. The number of carbonyl (C=O) groups excluding carboxylic acids is 2. The fourth-order valence-corrected chi connectivity index (χ4v) is 3.11. The minimum Gasteiger partial charge on any atom is -0.462 e. The van der Waals surface area contributed by atoms with Crippen LogP contribution in [-0.2, 0) is 25.6 Å². The zero-order valence-electron chi connectivity index (χ0n) is 16.1. The van der Waals surface area contributed by atoms with Gasteiger partial charge in [-0.15, -0.1) is 0 Å². The molecule has 0 atom stereocenters. The van der Waals surface area contributed by atoms with Gasteiger partial charge in [0.25, 0.3) is 0 Å². The molecule has 0 amide bonds. The Bertz CT molecular complexity index is 1200. The van der Waals surface area contributed by atoms with Crippen molar-refractivity contribution in [2.24, 2.45) is 0 Å². The summed E-state index contributed by atoms with van der Waals surface area (Å²) >= 11 is 0. The van der Waals surface area contributed by atoms with Crippen LogP contribution in [0.25, 0.3) is 17.1 Å². The first-order valence-corrected chi connectivity index (χ1v) is 9.33. The molecule has 1 aliphatic heterocycles. The van der Waals surface area contributed by atoms with Crippen LogP contribution < -0.4 is 5.32 Å². The number of ketones is 1. The zero-order chi connectivity index (χ0) is 21.1. The molecule has 8 heteroatoms. The molecule has 0 fully saturated rings. The molecule has 0 unspecified atom stereocenters. The van der Waals surface area contributed by atoms with E-state index in [1.807, 2.05) is 6.07 Å². The molecule has 0 saturated heterocycles. The summed E-state index contributed by atoms with van der Waals surface area (Å²) in [5.74, 6) is -1.80. The van der Waals surface area contributed by atoms with Gasteiger partial charge in [0.15, 0.2) is 11.3 Å². The standard InChI is InChI=1S/C22H18FN3O4/c1-2-29-22(28)18-19(27)17(10-14-12-25-20-16(14)7-4-8-24-20)30-21(18)26-11-13-5-3-6-15(23)9-13/h3-10,12,26H,2,11H2,1H3,(H,24,25)/b17-10-. The van der Waals surface area contributed by atoms with Crippen molar-refractivity contribution in [2.45, 2.75) is 13.5 Å². The summed E-state index contributed by atoms with van der Waals surface area (Å²) in [6.07, 6.45) is 4.89. The van der Waals surface area contributed by atoms with Crippen LogP contribution in [0.1, 0.15) is 18.1 Å². The third-order valence-electron chi connectivity index (χ3n) is 4.48. The summed E-state index contributed by atoms with van der Waals surface area (Å²) in [5.41, 5.74) is 1.76. The van der Waals surface area contributed by atoms with E-state index >= 15 is 0 Å². The number of aromatic nitrogens is 2. The lowest BCUT2D eigenvalue weighted by atomic mass is 10.1. The maximum absolute atomic E-state index is 13.4. The number of pyridine rings is 1. The number of rotatable bonds is 6. The summed E-state index contributed by atoms with van der Waals surface area (Å²) in [6.45, 7) is 1.92. The smallest absolute Gasteiger partial charge is 0.347 e. The Morgan fingerprint density at radius 2 is 2.20 bits per heavy atom. The Morgan fingerprint density at radius 1 is 1.33 bits per heavy atom. The maximum Gasteiger partial charge on any atom is 0.347 e. The average Bonchev–Trinajstić information content (AvgIpc) is 3.28. The number of allylic oxidation sites excluding steroid dienone is 1. The average molecular weight is 407 g/mol. The summed E-state index contributed by atoms with van der Waals surface area (Å²) in [7, 11) is 0. The van der Waals surface area contributed by atoms with Crippen molar-refractivity contribution in [3.63, 3.8) is 0 Å². The van der Waals surface area contributed by atoms with Gasteiger partial charge in [-0.3, -0.25) is 4.79 Å². The van der Waals surface area contributed by atoms with Gasteiger partial charge >= 0.3 is 5.97 Å². The number of Topliss-reactive ketones (excluding diaryl/α,β-unsaturated/α-hetero) is 1. The lowest BCUT2D eigenvalue weighted by Gasteiger charge is -2.09. The van der Waals surface area contributed by atoms with Crippen LogP contribution >= 0.6 is 0 Å². The molecule has 30 heavy (non-hydrogen) atoms. The van der Waals surface area contributed by atoms with Crippen molar-refractivity contribution in [1.29, 1.82) is 0 Å².